The molecule has 0 amide bonds. The zero-order chi connectivity index (χ0) is 18.0. The van der Waals surface area contributed by atoms with Gasteiger partial charge in [-0.1, -0.05) is 43.5 Å². The predicted octanol–water partition coefficient (Wildman–Crippen LogP) is 6.24. The quantitative estimate of drug-likeness (QED) is 0.645. The molecular formula is C20H25Cl2N3. The van der Waals surface area contributed by atoms with Crippen molar-refractivity contribution in [2.75, 3.05) is 12.4 Å². The lowest BCUT2D eigenvalue weighted by Crippen LogP contribution is -2.36. The normalized spacial score (nSPS) is 14.8. The molecule has 1 fully saturated rings. The highest BCUT2D eigenvalue weighted by Crippen LogP contribution is 2.30. The number of rotatable bonds is 6. The average molecular weight is 378 g/mol. The summed E-state index contributed by atoms with van der Waals surface area (Å²) in [5, 5.41) is 4.41. The Kier molecular flexibility index (Phi) is 5.88. The number of halogens is 2. The lowest BCUT2D eigenvalue weighted by molar-refractivity contribution is 0.152. The Morgan fingerprint density at radius 2 is 1.96 bits per heavy atom. The summed E-state index contributed by atoms with van der Waals surface area (Å²) in [6, 6.07) is 8.39. The summed E-state index contributed by atoms with van der Waals surface area (Å²) >= 11 is 12.1. The molecule has 5 heteroatoms. The molecule has 134 valence electrons. The van der Waals surface area contributed by atoms with Crippen LogP contribution in [-0.4, -0.2) is 23.0 Å². The van der Waals surface area contributed by atoms with E-state index in [4.69, 9.17) is 23.2 Å². The van der Waals surface area contributed by atoms with Crippen molar-refractivity contribution in [1.29, 1.82) is 0 Å². The molecule has 2 aromatic rings. The molecule has 1 aliphatic rings. The molecule has 1 aliphatic carbocycles. The van der Waals surface area contributed by atoms with Crippen molar-refractivity contribution in [2.45, 2.75) is 51.6 Å². The highest BCUT2D eigenvalue weighted by molar-refractivity contribution is 6.42. The molecule has 0 aliphatic heterocycles. The summed E-state index contributed by atoms with van der Waals surface area (Å²) in [7, 11) is 2.22. The van der Waals surface area contributed by atoms with Crippen LogP contribution in [-0.2, 0) is 6.54 Å². The molecule has 0 bridgehead atoms. The number of nitrogens with one attached hydrogen (secondary N) is 1. The molecule has 1 saturated carbocycles. The molecule has 1 N–H and O–H groups in total. The fourth-order valence-corrected chi connectivity index (χ4v) is 3.48. The van der Waals surface area contributed by atoms with Crippen molar-refractivity contribution >= 4 is 34.7 Å². The minimum Gasteiger partial charge on any atom is -0.340 e. The van der Waals surface area contributed by atoms with Gasteiger partial charge in [0.1, 0.15) is 5.82 Å². The molecule has 3 rings (SSSR count). The summed E-state index contributed by atoms with van der Waals surface area (Å²) in [6.07, 6.45) is 6.00. The van der Waals surface area contributed by atoms with Gasteiger partial charge in [-0.05, 0) is 61.2 Å². The molecule has 0 atom stereocenters. The lowest BCUT2D eigenvalue weighted by atomic mass is 9.91. The number of anilines is 2. The molecule has 3 nitrogen and oxygen atoms in total. The van der Waals surface area contributed by atoms with Crippen molar-refractivity contribution in [3.05, 3.63) is 51.6 Å². The van der Waals surface area contributed by atoms with Gasteiger partial charge < -0.3 is 5.32 Å². The van der Waals surface area contributed by atoms with Crippen molar-refractivity contribution in [2.24, 2.45) is 0 Å². The zero-order valence-corrected chi connectivity index (χ0v) is 16.5. The van der Waals surface area contributed by atoms with E-state index in [9.17, 15) is 0 Å². The second kappa shape index (κ2) is 7.94. The number of hydrogen-bond donors (Lipinski definition) is 1. The van der Waals surface area contributed by atoms with Crippen LogP contribution in [0.1, 0.15) is 50.2 Å². The van der Waals surface area contributed by atoms with Crippen molar-refractivity contribution < 1.29 is 0 Å². The molecule has 0 radical (unpaired) electrons. The number of hydrogen-bond acceptors (Lipinski definition) is 3. The van der Waals surface area contributed by atoms with Gasteiger partial charge in [-0.15, -0.1) is 0 Å². The molecule has 1 heterocycles. The fraction of sp³-hybridized carbons (Fsp3) is 0.450. The van der Waals surface area contributed by atoms with Crippen LogP contribution in [0.2, 0.25) is 10.0 Å². The monoisotopic (exact) mass is 377 g/mol. The van der Waals surface area contributed by atoms with E-state index in [1.54, 1.807) is 6.07 Å². The maximum atomic E-state index is 6.10. The van der Waals surface area contributed by atoms with Crippen LogP contribution < -0.4 is 5.32 Å². The highest BCUT2D eigenvalue weighted by Gasteiger charge is 2.23. The maximum absolute atomic E-state index is 6.10. The van der Waals surface area contributed by atoms with Crippen LogP contribution in [0.3, 0.4) is 0 Å². The first-order chi connectivity index (χ1) is 11.9. The summed E-state index contributed by atoms with van der Waals surface area (Å²) in [5.74, 6) is 1.28. The first kappa shape index (κ1) is 18.5. The number of pyridine rings is 1. The summed E-state index contributed by atoms with van der Waals surface area (Å²) < 4.78 is 0. The fourth-order valence-electron chi connectivity index (χ4n) is 3.18. The lowest BCUT2D eigenvalue weighted by Gasteiger charge is -2.35. The number of benzene rings is 1. The van der Waals surface area contributed by atoms with E-state index in [0.717, 1.165) is 24.1 Å². The Morgan fingerprint density at radius 3 is 2.56 bits per heavy atom. The van der Waals surface area contributed by atoms with Gasteiger partial charge in [0.25, 0.3) is 0 Å². The standard InChI is InChI=1S/C20H25Cl2N3/c1-13(2)17-10-20(24-15-7-8-18(21)19(22)9-15)23-11-14(17)12-25(3)16-5-4-6-16/h7-11,13,16H,4-6,12H2,1-3H3,(H,23,24). The van der Waals surface area contributed by atoms with Gasteiger partial charge in [-0.3, -0.25) is 4.90 Å². The van der Waals surface area contributed by atoms with Gasteiger partial charge >= 0.3 is 0 Å². The molecule has 25 heavy (non-hydrogen) atoms. The molecule has 1 aromatic carbocycles. The minimum absolute atomic E-state index is 0.446. The second-order valence-corrected chi connectivity index (χ2v) is 7.99. The minimum atomic E-state index is 0.446. The summed E-state index contributed by atoms with van der Waals surface area (Å²) in [5.41, 5.74) is 3.53. The second-order valence-electron chi connectivity index (χ2n) is 7.18. The Labute approximate surface area is 160 Å². The van der Waals surface area contributed by atoms with Crippen molar-refractivity contribution in [3.8, 4) is 0 Å². The first-order valence-electron chi connectivity index (χ1n) is 8.85. The predicted molar refractivity (Wildman–Crippen MR) is 107 cm³/mol. The first-order valence-corrected chi connectivity index (χ1v) is 9.60. The van der Waals surface area contributed by atoms with E-state index >= 15 is 0 Å². The third kappa shape index (κ3) is 4.46. The van der Waals surface area contributed by atoms with E-state index in [-0.39, 0.29) is 0 Å². The van der Waals surface area contributed by atoms with Crippen LogP contribution in [0.25, 0.3) is 0 Å². The smallest absolute Gasteiger partial charge is 0.130 e. The van der Waals surface area contributed by atoms with Gasteiger partial charge in [0, 0.05) is 24.5 Å². The van der Waals surface area contributed by atoms with Gasteiger partial charge in [-0.25, -0.2) is 4.98 Å². The van der Waals surface area contributed by atoms with E-state index < -0.39 is 0 Å². The van der Waals surface area contributed by atoms with Gasteiger partial charge in [-0.2, -0.15) is 0 Å². The van der Waals surface area contributed by atoms with Crippen LogP contribution in [0, 0.1) is 0 Å². The van der Waals surface area contributed by atoms with Crippen molar-refractivity contribution in [3.63, 3.8) is 0 Å². The average Bonchev–Trinajstić information content (AvgIpc) is 2.50. The van der Waals surface area contributed by atoms with Crippen LogP contribution in [0.5, 0.6) is 0 Å². The van der Waals surface area contributed by atoms with E-state index in [1.807, 2.05) is 18.3 Å². The van der Waals surface area contributed by atoms with Gasteiger partial charge in [0.2, 0.25) is 0 Å². The molecular weight excluding hydrogens is 353 g/mol. The Balaban J connectivity index is 1.79. The Morgan fingerprint density at radius 1 is 1.20 bits per heavy atom. The van der Waals surface area contributed by atoms with E-state index in [2.05, 4.69) is 42.2 Å². The number of aromatic nitrogens is 1. The van der Waals surface area contributed by atoms with Crippen LogP contribution in [0.4, 0.5) is 11.5 Å². The third-order valence-corrected chi connectivity index (χ3v) is 5.69. The van der Waals surface area contributed by atoms with E-state index in [1.165, 1.54) is 30.4 Å². The summed E-state index contributed by atoms with van der Waals surface area (Å²) in [6.45, 7) is 5.41. The zero-order valence-electron chi connectivity index (χ0n) is 15.0. The summed E-state index contributed by atoms with van der Waals surface area (Å²) in [4.78, 5) is 7.07. The third-order valence-electron chi connectivity index (χ3n) is 4.95. The largest absolute Gasteiger partial charge is 0.340 e. The van der Waals surface area contributed by atoms with Crippen molar-refractivity contribution in [1.82, 2.24) is 9.88 Å². The van der Waals surface area contributed by atoms with Crippen LogP contribution >= 0.6 is 23.2 Å². The molecule has 1 aromatic heterocycles. The van der Waals surface area contributed by atoms with Gasteiger partial charge in [0.05, 0.1) is 10.0 Å². The SMILES string of the molecule is CC(C)c1cc(Nc2ccc(Cl)c(Cl)c2)ncc1CN(C)C1CCC1. The maximum Gasteiger partial charge on any atom is 0.130 e. The van der Waals surface area contributed by atoms with E-state index in [0.29, 0.717) is 16.0 Å². The van der Waals surface area contributed by atoms with Gasteiger partial charge in [0.15, 0.2) is 0 Å². The highest BCUT2D eigenvalue weighted by atomic mass is 35.5. The van der Waals surface area contributed by atoms with Crippen LogP contribution in [0.15, 0.2) is 30.5 Å². The Bertz CT molecular complexity index is 742. The molecule has 0 saturated heterocycles. The molecule has 0 spiro atoms. The Hall–Kier alpha value is -1.29. The number of nitrogens with zero attached hydrogens (tertiary/aromatic N) is 2. The topological polar surface area (TPSA) is 28.2 Å². The molecule has 0 unspecified atom stereocenters.